The molecular weight excluding hydrogens is 591 g/mol. The Labute approximate surface area is 294 Å². The molecule has 0 N–H and O–H groups in total. The third kappa shape index (κ3) is 10.5. The monoisotopic (exact) mass is 637 g/mol. The van der Waals surface area contributed by atoms with Gasteiger partial charge < -0.3 is 4.90 Å². The fraction of sp³-hybridized carbons (Fsp3) is 0.0833. The Morgan fingerprint density at radius 2 is 1.16 bits per heavy atom. The Kier molecular flexibility index (Phi) is 14.0. The summed E-state index contributed by atoms with van der Waals surface area (Å²) in [7, 11) is 0. The standard InChI is InChI=1S/C48H47N/c1-7-10-12-15-22-41(9-3)23-20-36-49(40(6)29-28-39(5)38(4)21-11-8-2)46-34-35-47(48(37-46)44-26-18-14-19-27-44)45-32-30-43(31-33-45)42-24-16-13-17-25-42/h7-37H,1,3H2,2,4-6H3/b11-8-,12-10-,22-15+,36-20+,38-21+,39-28+,40-29+,41-23+. The lowest BCUT2D eigenvalue weighted by molar-refractivity contribution is 1.15. The van der Waals surface area contributed by atoms with Gasteiger partial charge in [-0.15, -0.1) is 0 Å². The summed E-state index contributed by atoms with van der Waals surface area (Å²) in [5, 5.41) is 0. The average Bonchev–Trinajstić information content (AvgIpc) is 3.15. The molecule has 0 aromatic heterocycles. The molecule has 0 aliphatic rings. The van der Waals surface area contributed by atoms with Crippen molar-refractivity contribution in [3.8, 4) is 33.4 Å². The summed E-state index contributed by atoms with van der Waals surface area (Å²) < 4.78 is 0. The van der Waals surface area contributed by atoms with Gasteiger partial charge in [0.25, 0.3) is 0 Å². The van der Waals surface area contributed by atoms with E-state index < -0.39 is 0 Å². The van der Waals surface area contributed by atoms with E-state index in [9.17, 15) is 0 Å². The molecular formula is C48H47N. The summed E-state index contributed by atoms with van der Waals surface area (Å²) >= 11 is 0. The maximum absolute atomic E-state index is 4.00. The molecule has 0 fully saturated rings. The summed E-state index contributed by atoms with van der Waals surface area (Å²) in [4.78, 5) is 2.24. The predicted molar refractivity (Wildman–Crippen MR) is 217 cm³/mol. The van der Waals surface area contributed by atoms with E-state index in [2.05, 4.69) is 185 Å². The highest BCUT2D eigenvalue weighted by molar-refractivity contribution is 5.87. The lowest BCUT2D eigenvalue weighted by atomic mass is 9.92. The van der Waals surface area contributed by atoms with Gasteiger partial charge in [0.1, 0.15) is 0 Å². The number of hydrogen-bond donors (Lipinski definition) is 0. The predicted octanol–water partition coefficient (Wildman–Crippen LogP) is 13.8. The van der Waals surface area contributed by atoms with Crippen LogP contribution in [0.5, 0.6) is 0 Å². The molecule has 0 saturated carbocycles. The van der Waals surface area contributed by atoms with Gasteiger partial charge in [-0.3, -0.25) is 0 Å². The number of nitrogens with zero attached hydrogens (tertiary/aromatic N) is 1. The van der Waals surface area contributed by atoms with Gasteiger partial charge in [-0.25, -0.2) is 0 Å². The Morgan fingerprint density at radius 1 is 0.551 bits per heavy atom. The van der Waals surface area contributed by atoms with Crippen molar-refractivity contribution in [2.45, 2.75) is 27.7 Å². The second kappa shape index (κ2) is 19.0. The maximum atomic E-state index is 4.00. The second-order valence-electron chi connectivity index (χ2n) is 11.6. The molecule has 49 heavy (non-hydrogen) atoms. The van der Waals surface area contributed by atoms with E-state index in [0.717, 1.165) is 17.0 Å². The van der Waals surface area contributed by atoms with Crippen LogP contribution in [0, 0.1) is 0 Å². The van der Waals surface area contributed by atoms with Crippen LogP contribution in [0.1, 0.15) is 27.7 Å². The SMILES string of the molecule is C=C\C=C/C=C/C(C=C)=C/C=C/N(/C(C)=C/C=C(C)/C(C)=C/C=C\C)c1ccc(-c2ccc(-c3ccccc3)cc2)c(-c2ccccc2)c1. The van der Waals surface area contributed by atoms with Crippen LogP contribution in [0.2, 0.25) is 0 Å². The summed E-state index contributed by atoms with van der Waals surface area (Å²) in [5.74, 6) is 0. The van der Waals surface area contributed by atoms with E-state index in [1.54, 1.807) is 6.08 Å². The van der Waals surface area contributed by atoms with E-state index in [1.165, 1.54) is 44.5 Å². The summed E-state index contributed by atoms with van der Waals surface area (Å²) in [6.07, 6.45) is 28.4. The molecule has 0 saturated heterocycles. The molecule has 0 atom stereocenters. The van der Waals surface area contributed by atoms with Crippen molar-refractivity contribution < 1.29 is 0 Å². The molecule has 0 amide bonds. The summed E-state index contributed by atoms with van der Waals surface area (Å²) in [6.45, 7) is 16.2. The van der Waals surface area contributed by atoms with E-state index in [1.807, 2.05) is 43.4 Å². The minimum Gasteiger partial charge on any atom is -0.321 e. The fourth-order valence-electron chi connectivity index (χ4n) is 5.24. The molecule has 0 spiro atoms. The first-order valence-electron chi connectivity index (χ1n) is 16.7. The smallest absolute Gasteiger partial charge is 0.0458 e. The first-order chi connectivity index (χ1) is 23.9. The highest BCUT2D eigenvalue weighted by atomic mass is 15.1. The van der Waals surface area contributed by atoms with Gasteiger partial charge in [-0.2, -0.15) is 0 Å². The Hall–Kier alpha value is -5.92. The quantitative estimate of drug-likeness (QED) is 0.124. The molecule has 244 valence electrons. The van der Waals surface area contributed by atoms with E-state index in [4.69, 9.17) is 0 Å². The zero-order chi connectivity index (χ0) is 34.8. The first kappa shape index (κ1) is 35.9. The normalized spacial score (nSPS) is 13.2. The lowest BCUT2D eigenvalue weighted by Crippen LogP contribution is -2.13. The van der Waals surface area contributed by atoms with Gasteiger partial charge in [0, 0.05) is 17.6 Å². The second-order valence-corrected chi connectivity index (χ2v) is 11.6. The molecule has 4 aromatic rings. The highest BCUT2D eigenvalue weighted by Crippen LogP contribution is 2.37. The van der Waals surface area contributed by atoms with Crippen molar-refractivity contribution in [3.63, 3.8) is 0 Å². The molecule has 0 aliphatic carbocycles. The van der Waals surface area contributed by atoms with Crippen LogP contribution in [0.4, 0.5) is 5.69 Å². The van der Waals surface area contributed by atoms with E-state index in [-0.39, 0.29) is 0 Å². The van der Waals surface area contributed by atoms with Gasteiger partial charge in [0.15, 0.2) is 0 Å². The van der Waals surface area contributed by atoms with Crippen LogP contribution in [0.15, 0.2) is 224 Å². The van der Waals surface area contributed by atoms with Gasteiger partial charge in [-0.1, -0.05) is 171 Å². The van der Waals surface area contributed by atoms with Gasteiger partial charge in [-0.05, 0) is 102 Å². The van der Waals surface area contributed by atoms with Crippen LogP contribution in [-0.4, -0.2) is 0 Å². The third-order valence-electron chi connectivity index (χ3n) is 8.19. The van der Waals surface area contributed by atoms with Crippen molar-refractivity contribution in [2.24, 2.45) is 0 Å². The van der Waals surface area contributed by atoms with Crippen molar-refractivity contribution in [3.05, 3.63) is 224 Å². The van der Waals surface area contributed by atoms with E-state index in [0.29, 0.717) is 0 Å². The Bertz CT molecular complexity index is 1940. The number of hydrogen-bond acceptors (Lipinski definition) is 1. The number of allylic oxidation sites excluding steroid dienone is 17. The summed E-state index contributed by atoms with van der Waals surface area (Å²) in [6, 6.07) is 36.8. The molecule has 1 heteroatoms. The lowest BCUT2D eigenvalue weighted by Gasteiger charge is -2.23. The highest BCUT2D eigenvalue weighted by Gasteiger charge is 2.13. The molecule has 4 aromatic carbocycles. The number of rotatable bonds is 14. The molecule has 1 nitrogen and oxygen atoms in total. The zero-order valence-corrected chi connectivity index (χ0v) is 29.3. The molecule has 0 aliphatic heterocycles. The molecule has 4 rings (SSSR count). The molecule has 0 unspecified atom stereocenters. The largest absolute Gasteiger partial charge is 0.321 e. The minimum atomic E-state index is 1.01. The Balaban J connectivity index is 1.81. The van der Waals surface area contributed by atoms with Crippen molar-refractivity contribution in [2.75, 3.05) is 4.90 Å². The number of anilines is 1. The number of benzene rings is 4. The maximum Gasteiger partial charge on any atom is 0.0458 e. The average molecular weight is 638 g/mol. The Morgan fingerprint density at radius 3 is 1.82 bits per heavy atom. The first-order valence-corrected chi connectivity index (χ1v) is 16.7. The van der Waals surface area contributed by atoms with Crippen molar-refractivity contribution in [1.29, 1.82) is 0 Å². The van der Waals surface area contributed by atoms with Crippen LogP contribution in [0.25, 0.3) is 33.4 Å². The van der Waals surface area contributed by atoms with E-state index >= 15 is 0 Å². The molecule has 0 heterocycles. The van der Waals surface area contributed by atoms with Gasteiger partial charge >= 0.3 is 0 Å². The minimum absolute atomic E-state index is 1.01. The zero-order valence-electron chi connectivity index (χ0n) is 29.3. The van der Waals surface area contributed by atoms with Gasteiger partial charge in [0.2, 0.25) is 0 Å². The molecule has 0 bridgehead atoms. The molecule has 0 radical (unpaired) electrons. The van der Waals surface area contributed by atoms with Crippen molar-refractivity contribution in [1.82, 2.24) is 0 Å². The summed E-state index contributed by atoms with van der Waals surface area (Å²) in [5.41, 5.74) is 12.7. The topological polar surface area (TPSA) is 3.24 Å². The van der Waals surface area contributed by atoms with Crippen LogP contribution in [0.3, 0.4) is 0 Å². The van der Waals surface area contributed by atoms with Crippen molar-refractivity contribution >= 4 is 5.69 Å². The van der Waals surface area contributed by atoms with Gasteiger partial charge in [0.05, 0.1) is 0 Å². The van der Waals surface area contributed by atoms with Crippen LogP contribution < -0.4 is 4.90 Å². The fourth-order valence-corrected chi connectivity index (χ4v) is 5.24. The van der Waals surface area contributed by atoms with Crippen LogP contribution in [-0.2, 0) is 0 Å². The van der Waals surface area contributed by atoms with Crippen LogP contribution >= 0.6 is 0 Å². The third-order valence-corrected chi connectivity index (χ3v) is 8.19.